The summed E-state index contributed by atoms with van der Waals surface area (Å²) in [6.07, 6.45) is 1.90. The highest BCUT2D eigenvalue weighted by Gasteiger charge is 2.09. The monoisotopic (exact) mass is 269 g/mol. The van der Waals surface area contributed by atoms with E-state index in [0.29, 0.717) is 0 Å². The van der Waals surface area contributed by atoms with E-state index in [1.54, 1.807) is 0 Å². The van der Waals surface area contributed by atoms with Crippen LogP contribution >= 0.6 is 0 Å². The molecule has 1 heterocycles. The molecule has 0 aliphatic rings. The second-order valence-electron chi connectivity index (χ2n) is 5.36. The topological polar surface area (TPSA) is 12.9 Å². The zero-order valence-electron chi connectivity index (χ0n) is 11.9. The Labute approximate surface area is 123 Å². The number of fused-ring (bicyclic) bond motifs is 2. The average molecular weight is 269 g/mol. The number of hydrogen-bond acceptors (Lipinski definition) is 1. The summed E-state index contributed by atoms with van der Waals surface area (Å²) < 4.78 is 0. The third-order valence-electron chi connectivity index (χ3n) is 4.07. The zero-order chi connectivity index (χ0) is 14.2. The molecule has 0 spiro atoms. The molecular weight excluding hydrogens is 254 g/mol. The van der Waals surface area contributed by atoms with Gasteiger partial charge in [0.15, 0.2) is 0 Å². The summed E-state index contributed by atoms with van der Waals surface area (Å²) in [6, 6.07) is 23.4. The van der Waals surface area contributed by atoms with Crippen molar-refractivity contribution in [3.63, 3.8) is 0 Å². The van der Waals surface area contributed by atoms with E-state index < -0.39 is 0 Å². The fraction of sp³-hybridized carbons (Fsp3) is 0.0500. The van der Waals surface area contributed by atoms with Gasteiger partial charge in [-0.3, -0.25) is 4.98 Å². The maximum Gasteiger partial charge on any atom is 0.0786 e. The number of aryl methyl sites for hydroxylation is 1. The van der Waals surface area contributed by atoms with E-state index in [4.69, 9.17) is 0 Å². The summed E-state index contributed by atoms with van der Waals surface area (Å²) in [6.45, 7) is 2.16. The lowest BCUT2D eigenvalue weighted by Crippen LogP contribution is -1.89. The maximum absolute atomic E-state index is 4.66. The molecule has 1 nitrogen and oxygen atoms in total. The molecule has 0 bridgehead atoms. The van der Waals surface area contributed by atoms with Gasteiger partial charge in [-0.15, -0.1) is 0 Å². The highest BCUT2D eigenvalue weighted by atomic mass is 14.7. The van der Waals surface area contributed by atoms with E-state index >= 15 is 0 Å². The van der Waals surface area contributed by atoms with Crippen molar-refractivity contribution >= 4 is 21.5 Å². The lowest BCUT2D eigenvalue weighted by molar-refractivity contribution is 1.36. The Bertz CT molecular complexity index is 949. The molecule has 0 N–H and O–H groups in total. The fourth-order valence-electron chi connectivity index (χ4n) is 2.99. The molecule has 4 rings (SSSR count). The van der Waals surface area contributed by atoms with Gasteiger partial charge in [0, 0.05) is 17.1 Å². The largest absolute Gasteiger partial charge is 0.256 e. The third kappa shape index (κ3) is 1.90. The van der Waals surface area contributed by atoms with Crippen LogP contribution in [0, 0.1) is 6.92 Å². The zero-order valence-corrected chi connectivity index (χ0v) is 11.9. The van der Waals surface area contributed by atoms with Crippen LogP contribution in [0.5, 0.6) is 0 Å². The van der Waals surface area contributed by atoms with Gasteiger partial charge >= 0.3 is 0 Å². The Morgan fingerprint density at radius 2 is 1.38 bits per heavy atom. The minimum atomic E-state index is 1.06. The van der Waals surface area contributed by atoms with Gasteiger partial charge in [-0.2, -0.15) is 0 Å². The van der Waals surface area contributed by atoms with Crippen LogP contribution in [0.15, 0.2) is 72.9 Å². The van der Waals surface area contributed by atoms with E-state index in [1.165, 1.54) is 32.7 Å². The summed E-state index contributed by atoms with van der Waals surface area (Å²) >= 11 is 0. The van der Waals surface area contributed by atoms with Gasteiger partial charge in [-0.25, -0.2) is 0 Å². The smallest absolute Gasteiger partial charge is 0.0786 e. The number of benzene rings is 3. The third-order valence-corrected chi connectivity index (χ3v) is 4.07. The molecule has 0 fully saturated rings. The van der Waals surface area contributed by atoms with Gasteiger partial charge in [-0.1, -0.05) is 60.7 Å². The molecule has 0 amide bonds. The van der Waals surface area contributed by atoms with Gasteiger partial charge in [0.2, 0.25) is 0 Å². The Hall–Kier alpha value is -2.67. The summed E-state index contributed by atoms with van der Waals surface area (Å²) in [4.78, 5) is 4.66. The molecule has 0 atom stereocenters. The molecule has 1 aromatic heterocycles. The van der Waals surface area contributed by atoms with E-state index in [9.17, 15) is 0 Å². The second kappa shape index (κ2) is 4.71. The van der Waals surface area contributed by atoms with E-state index in [2.05, 4.69) is 78.6 Å². The Balaban J connectivity index is 2.13. The number of aromatic nitrogens is 1. The highest BCUT2D eigenvalue weighted by molar-refractivity contribution is 6.04. The number of rotatable bonds is 1. The minimum absolute atomic E-state index is 1.06. The van der Waals surface area contributed by atoms with Crippen LogP contribution in [0.4, 0.5) is 0 Å². The van der Waals surface area contributed by atoms with Gasteiger partial charge in [0.25, 0.3) is 0 Å². The molecule has 0 aliphatic carbocycles. The van der Waals surface area contributed by atoms with Gasteiger partial charge in [0.05, 0.1) is 5.69 Å². The lowest BCUT2D eigenvalue weighted by Gasteiger charge is -2.10. The highest BCUT2D eigenvalue weighted by Crippen LogP contribution is 2.33. The summed E-state index contributed by atoms with van der Waals surface area (Å²) in [7, 11) is 0. The molecule has 3 aromatic carbocycles. The van der Waals surface area contributed by atoms with Crippen LogP contribution in [-0.4, -0.2) is 4.98 Å². The lowest BCUT2D eigenvalue weighted by atomic mass is 9.96. The van der Waals surface area contributed by atoms with E-state index in [1.807, 2.05) is 6.20 Å². The van der Waals surface area contributed by atoms with E-state index in [0.717, 1.165) is 5.69 Å². The quantitative estimate of drug-likeness (QED) is 0.453. The first-order valence-corrected chi connectivity index (χ1v) is 7.17. The van der Waals surface area contributed by atoms with Crippen molar-refractivity contribution < 1.29 is 0 Å². The fourth-order valence-corrected chi connectivity index (χ4v) is 2.99. The first-order valence-electron chi connectivity index (χ1n) is 7.17. The van der Waals surface area contributed by atoms with Crippen LogP contribution in [0.2, 0.25) is 0 Å². The molecule has 0 aliphatic heterocycles. The standard InChI is InChI=1S/C20H15N/c1-14-10-11-19(18-9-5-4-7-16(14)18)20-17-8-3-2-6-15(17)12-13-21-20/h2-13H,1H3. The van der Waals surface area contributed by atoms with Crippen LogP contribution in [0.3, 0.4) is 0 Å². The van der Waals surface area contributed by atoms with Crippen molar-refractivity contribution in [2.24, 2.45) is 0 Å². The minimum Gasteiger partial charge on any atom is -0.256 e. The molecule has 1 heteroatoms. The number of hydrogen-bond donors (Lipinski definition) is 0. The first-order chi connectivity index (χ1) is 10.3. The van der Waals surface area contributed by atoms with Crippen LogP contribution in [-0.2, 0) is 0 Å². The Morgan fingerprint density at radius 1 is 0.667 bits per heavy atom. The Morgan fingerprint density at radius 3 is 2.24 bits per heavy atom. The predicted molar refractivity (Wildman–Crippen MR) is 89.4 cm³/mol. The molecule has 0 saturated heterocycles. The summed E-state index contributed by atoms with van der Waals surface area (Å²) in [5.41, 5.74) is 3.56. The van der Waals surface area contributed by atoms with Crippen molar-refractivity contribution in [3.05, 3.63) is 78.5 Å². The van der Waals surface area contributed by atoms with E-state index in [-0.39, 0.29) is 0 Å². The van der Waals surface area contributed by atoms with Gasteiger partial charge < -0.3 is 0 Å². The summed E-state index contributed by atoms with van der Waals surface area (Å²) in [5, 5.41) is 4.99. The van der Waals surface area contributed by atoms with Crippen LogP contribution in [0.1, 0.15) is 5.56 Å². The van der Waals surface area contributed by atoms with Crippen LogP contribution < -0.4 is 0 Å². The van der Waals surface area contributed by atoms with Crippen LogP contribution in [0.25, 0.3) is 32.8 Å². The molecular formula is C20H15N. The molecule has 100 valence electrons. The van der Waals surface area contributed by atoms with Crippen molar-refractivity contribution in [3.8, 4) is 11.3 Å². The van der Waals surface area contributed by atoms with Gasteiger partial charge in [0.1, 0.15) is 0 Å². The molecule has 21 heavy (non-hydrogen) atoms. The summed E-state index contributed by atoms with van der Waals surface area (Å²) in [5.74, 6) is 0. The Kier molecular flexibility index (Phi) is 2.71. The average Bonchev–Trinajstić information content (AvgIpc) is 2.55. The SMILES string of the molecule is Cc1ccc(-c2nccc3ccccc23)c2ccccc12. The first kappa shape index (κ1) is 12.1. The van der Waals surface area contributed by atoms with Crippen molar-refractivity contribution in [2.45, 2.75) is 6.92 Å². The maximum atomic E-state index is 4.66. The number of nitrogens with zero attached hydrogens (tertiary/aromatic N) is 1. The van der Waals surface area contributed by atoms with Gasteiger partial charge in [-0.05, 0) is 34.7 Å². The van der Waals surface area contributed by atoms with Crippen molar-refractivity contribution in [1.29, 1.82) is 0 Å². The van der Waals surface area contributed by atoms with Crippen molar-refractivity contribution in [1.82, 2.24) is 4.98 Å². The normalized spacial score (nSPS) is 11.1. The molecule has 0 radical (unpaired) electrons. The number of pyridine rings is 1. The predicted octanol–water partition coefficient (Wildman–Crippen LogP) is 5.36. The molecule has 0 saturated carbocycles. The second-order valence-corrected chi connectivity index (χ2v) is 5.36. The van der Waals surface area contributed by atoms with Crippen molar-refractivity contribution in [2.75, 3.05) is 0 Å². The molecule has 0 unspecified atom stereocenters. The molecule has 4 aromatic rings.